The summed E-state index contributed by atoms with van der Waals surface area (Å²) in [6.45, 7) is 9.46. The summed E-state index contributed by atoms with van der Waals surface area (Å²) >= 11 is 0. The largest absolute Gasteiger partial charge is 0.356 e. The zero-order chi connectivity index (χ0) is 23.1. The number of unbranched alkanes of at least 4 members (excludes halogenated alkanes) is 19. The lowest BCUT2D eigenvalue weighted by Gasteiger charge is -2.32. The molecule has 0 bridgehead atoms. The summed E-state index contributed by atoms with van der Waals surface area (Å²) in [6.07, 6.45) is 36.6. The van der Waals surface area contributed by atoms with Gasteiger partial charge in [-0.3, -0.25) is 0 Å². The summed E-state index contributed by atoms with van der Waals surface area (Å²) in [5.41, 5.74) is 0. The van der Waals surface area contributed by atoms with Crippen molar-refractivity contribution < 1.29 is 0 Å². The average Bonchev–Trinajstić information content (AvgIpc) is 3.20. The Hall–Kier alpha value is -0.660. The van der Waals surface area contributed by atoms with Crippen molar-refractivity contribution in [1.29, 1.82) is 0 Å². The highest BCUT2D eigenvalue weighted by atomic mass is 15.4. The molecule has 0 aliphatic carbocycles. The van der Waals surface area contributed by atoms with Crippen molar-refractivity contribution in [3.05, 3.63) is 12.4 Å². The monoisotopic (exact) mass is 448 g/mol. The zero-order valence-corrected chi connectivity index (χ0v) is 22.6. The summed E-state index contributed by atoms with van der Waals surface area (Å²) in [4.78, 5) is 5.23. The maximum absolute atomic E-state index is 2.62. The quantitative estimate of drug-likeness (QED) is 0.135. The third-order valence-electron chi connectivity index (χ3n) is 7.37. The van der Waals surface area contributed by atoms with Crippen LogP contribution in [0.5, 0.6) is 0 Å². The van der Waals surface area contributed by atoms with Crippen LogP contribution in [-0.4, -0.2) is 29.1 Å². The first-order valence-electron chi connectivity index (χ1n) is 15.0. The molecule has 1 unspecified atom stereocenters. The van der Waals surface area contributed by atoms with E-state index in [0.717, 1.165) is 0 Å². The summed E-state index contributed by atoms with van der Waals surface area (Å²) in [5.74, 6) is 0. The van der Waals surface area contributed by atoms with Gasteiger partial charge in [-0.05, 0) is 19.3 Å². The molecule has 0 aromatic rings. The second-order valence-corrected chi connectivity index (χ2v) is 10.4. The van der Waals surface area contributed by atoms with Crippen molar-refractivity contribution in [2.24, 2.45) is 0 Å². The number of hydrogen-bond donors (Lipinski definition) is 0. The molecular formula is C30H60N2. The number of nitrogens with zero attached hydrogens (tertiary/aromatic N) is 2. The molecule has 190 valence electrons. The van der Waals surface area contributed by atoms with Gasteiger partial charge in [0.25, 0.3) is 0 Å². The zero-order valence-electron chi connectivity index (χ0n) is 22.6. The van der Waals surface area contributed by atoms with E-state index >= 15 is 0 Å². The van der Waals surface area contributed by atoms with Crippen LogP contribution >= 0.6 is 0 Å². The van der Waals surface area contributed by atoms with Crippen LogP contribution in [0.1, 0.15) is 162 Å². The van der Waals surface area contributed by atoms with Crippen molar-refractivity contribution in [2.45, 2.75) is 168 Å². The van der Waals surface area contributed by atoms with Gasteiger partial charge in [-0.1, -0.05) is 143 Å². The Kier molecular flexibility index (Phi) is 20.3. The molecule has 0 radical (unpaired) electrons. The van der Waals surface area contributed by atoms with Gasteiger partial charge in [-0.2, -0.15) is 0 Å². The van der Waals surface area contributed by atoms with Crippen LogP contribution < -0.4 is 0 Å². The molecule has 0 fully saturated rings. The predicted molar refractivity (Wildman–Crippen MR) is 145 cm³/mol. The highest BCUT2D eigenvalue weighted by molar-refractivity contribution is 4.96. The fourth-order valence-corrected chi connectivity index (χ4v) is 5.22. The van der Waals surface area contributed by atoms with E-state index in [-0.39, 0.29) is 0 Å². The summed E-state index contributed by atoms with van der Waals surface area (Å²) in [5, 5.41) is 0. The second kappa shape index (κ2) is 22.1. The number of rotatable bonds is 24. The van der Waals surface area contributed by atoms with Crippen molar-refractivity contribution >= 4 is 0 Å². The molecule has 2 heteroatoms. The molecular weight excluding hydrogens is 388 g/mol. The van der Waals surface area contributed by atoms with Crippen LogP contribution in [0.15, 0.2) is 12.4 Å². The van der Waals surface area contributed by atoms with Crippen LogP contribution in [-0.2, 0) is 0 Å². The van der Waals surface area contributed by atoms with Crippen molar-refractivity contribution in [3.63, 3.8) is 0 Å². The topological polar surface area (TPSA) is 6.48 Å². The van der Waals surface area contributed by atoms with Crippen molar-refractivity contribution in [1.82, 2.24) is 9.80 Å². The SMILES string of the molecule is CCCCCCCCCCCCCN1C=CN(CCCCCCCCCCCC)C1CC. The van der Waals surface area contributed by atoms with Crippen molar-refractivity contribution in [2.75, 3.05) is 13.1 Å². The average molecular weight is 449 g/mol. The van der Waals surface area contributed by atoms with Gasteiger partial charge >= 0.3 is 0 Å². The number of hydrogen-bond acceptors (Lipinski definition) is 2. The van der Waals surface area contributed by atoms with Crippen LogP contribution in [0.2, 0.25) is 0 Å². The van der Waals surface area contributed by atoms with E-state index < -0.39 is 0 Å². The van der Waals surface area contributed by atoms with E-state index in [2.05, 4.69) is 43.0 Å². The molecule has 0 saturated heterocycles. The Morgan fingerprint density at radius 3 is 0.969 bits per heavy atom. The smallest absolute Gasteiger partial charge is 0.100 e. The van der Waals surface area contributed by atoms with Crippen LogP contribution in [0.4, 0.5) is 0 Å². The molecule has 0 amide bonds. The molecule has 0 aromatic carbocycles. The van der Waals surface area contributed by atoms with Gasteiger partial charge in [-0.15, -0.1) is 0 Å². The minimum Gasteiger partial charge on any atom is -0.356 e. The van der Waals surface area contributed by atoms with E-state index in [1.165, 1.54) is 154 Å². The molecule has 1 heterocycles. The van der Waals surface area contributed by atoms with Gasteiger partial charge in [0.15, 0.2) is 0 Å². The molecule has 0 aromatic heterocycles. The Morgan fingerprint density at radius 1 is 0.406 bits per heavy atom. The van der Waals surface area contributed by atoms with Crippen LogP contribution in [0, 0.1) is 0 Å². The van der Waals surface area contributed by atoms with Gasteiger partial charge in [0, 0.05) is 25.5 Å². The van der Waals surface area contributed by atoms with E-state index in [9.17, 15) is 0 Å². The highest BCUT2D eigenvalue weighted by Crippen LogP contribution is 2.21. The third-order valence-corrected chi connectivity index (χ3v) is 7.37. The second-order valence-electron chi connectivity index (χ2n) is 10.4. The molecule has 0 saturated carbocycles. The molecule has 2 nitrogen and oxygen atoms in total. The van der Waals surface area contributed by atoms with E-state index in [4.69, 9.17) is 0 Å². The lowest BCUT2D eigenvalue weighted by molar-refractivity contribution is 0.144. The Balaban J connectivity index is 1.96. The van der Waals surface area contributed by atoms with Gasteiger partial charge in [-0.25, -0.2) is 0 Å². The van der Waals surface area contributed by atoms with Crippen molar-refractivity contribution in [3.8, 4) is 0 Å². The molecule has 1 atom stereocenters. The van der Waals surface area contributed by atoms with E-state index in [1.807, 2.05) is 0 Å². The molecule has 1 aliphatic rings. The fraction of sp³-hybridized carbons (Fsp3) is 0.933. The van der Waals surface area contributed by atoms with Crippen LogP contribution in [0.25, 0.3) is 0 Å². The molecule has 32 heavy (non-hydrogen) atoms. The Morgan fingerprint density at radius 2 is 0.688 bits per heavy atom. The Labute approximate surface area is 203 Å². The van der Waals surface area contributed by atoms with Gasteiger partial charge in [0.05, 0.1) is 0 Å². The summed E-state index contributed by atoms with van der Waals surface area (Å²) in [7, 11) is 0. The summed E-state index contributed by atoms with van der Waals surface area (Å²) < 4.78 is 0. The maximum Gasteiger partial charge on any atom is 0.100 e. The van der Waals surface area contributed by atoms with E-state index in [1.54, 1.807) is 0 Å². The molecule has 1 aliphatic heterocycles. The standard InChI is InChI=1S/C30H60N2/c1-4-7-9-11-13-15-17-19-21-23-25-27-32-29-28-31(30(32)6-3)26-24-22-20-18-16-14-12-10-8-5-2/h28-30H,4-27H2,1-3H3. The highest BCUT2D eigenvalue weighted by Gasteiger charge is 2.23. The lowest BCUT2D eigenvalue weighted by Crippen LogP contribution is -2.38. The lowest BCUT2D eigenvalue weighted by atomic mass is 10.1. The minimum atomic E-state index is 0.622. The normalized spacial score (nSPS) is 15.9. The maximum atomic E-state index is 2.62. The minimum absolute atomic E-state index is 0.622. The van der Waals surface area contributed by atoms with Gasteiger partial charge < -0.3 is 9.80 Å². The first-order chi connectivity index (χ1) is 15.8. The van der Waals surface area contributed by atoms with Crippen LogP contribution in [0.3, 0.4) is 0 Å². The third kappa shape index (κ3) is 15.2. The molecule has 1 rings (SSSR count). The van der Waals surface area contributed by atoms with Gasteiger partial charge in [0.2, 0.25) is 0 Å². The Bertz CT molecular complexity index is 406. The molecule has 0 N–H and O–H groups in total. The van der Waals surface area contributed by atoms with Gasteiger partial charge in [0.1, 0.15) is 6.17 Å². The predicted octanol–water partition coefficient (Wildman–Crippen LogP) is 10.0. The fourth-order valence-electron chi connectivity index (χ4n) is 5.22. The summed E-state index contributed by atoms with van der Waals surface area (Å²) in [6, 6.07) is 0. The first-order valence-corrected chi connectivity index (χ1v) is 15.0. The molecule has 0 spiro atoms. The first kappa shape index (κ1) is 29.4. The van der Waals surface area contributed by atoms with E-state index in [0.29, 0.717) is 6.17 Å².